The lowest BCUT2D eigenvalue weighted by atomic mass is 9.66. The fraction of sp³-hybridized carbons (Fsp3) is 0.702. The van der Waals surface area contributed by atoms with E-state index in [1.165, 1.54) is 4.90 Å². The molecule has 0 spiro atoms. The van der Waals surface area contributed by atoms with Crippen molar-refractivity contribution >= 4 is 38.6 Å². The number of aliphatic hydroxyl groups is 1. The standard InChI is InChI=1S/C47H66N6O9S/c1-6-28-18-19-47(28,43(56)52-63(58,59)46(5)20-21-46)51-40(54)36-25-32-26-53(36)42(55)39(45(2,3)4)50-44(57)62-37-22-27(37)12-8-7-9-14-34-38(60-31-23-29-16-17-30(24-31)48-29)33-13-10-11-15-35(33)49-41(34)61-32/h6,10-11,13,15,27-32,36-37,39,44,48,50,57H,1,7-9,12,14,16-26H2,2-5H3,(H,51,54)(H,52,56). The topological polar surface area (TPSA) is 198 Å². The normalized spacial score (nSPS) is 35.4. The van der Waals surface area contributed by atoms with Crippen LogP contribution in [0.3, 0.4) is 0 Å². The molecule has 3 saturated heterocycles. The summed E-state index contributed by atoms with van der Waals surface area (Å²) in [5.41, 5.74) is -0.730. The number of para-hydroxylation sites is 1. The van der Waals surface area contributed by atoms with Gasteiger partial charge in [-0.3, -0.25) is 24.4 Å². The number of aliphatic hydroxyl groups excluding tert-OH is 1. The van der Waals surface area contributed by atoms with Crippen LogP contribution in [0.5, 0.6) is 11.6 Å². The first-order chi connectivity index (χ1) is 30.0. The van der Waals surface area contributed by atoms with E-state index < -0.39 is 74.0 Å². The van der Waals surface area contributed by atoms with Crippen molar-refractivity contribution < 1.29 is 42.1 Å². The Morgan fingerprint density at radius 1 is 1.02 bits per heavy atom. The quantitative estimate of drug-likeness (QED) is 0.233. The Kier molecular flexibility index (Phi) is 11.9. The molecule has 15 nitrogen and oxygen atoms in total. The van der Waals surface area contributed by atoms with Gasteiger partial charge in [0, 0.05) is 29.8 Å². The zero-order valence-corrected chi connectivity index (χ0v) is 38.0. The van der Waals surface area contributed by atoms with Crippen LogP contribution in [0.4, 0.5) is 0 Å². The van der Waals surface area contributed by atoms with Crippen LogP contribution >= 0.6 is 0 Å². The highest BCUT2D eigenvalue weighted by atomic mass is 32.2. The molecule has 3 aliphatic carbocycles. The summed E-state index contributed by atoms with van der Waals surface area (Å²) in [5.74, 6) is -0.905. The van der Waals surface area contributed by atoms with Crippen LogP contribution in [0.15, 0.2) is 36.9 Å². The van der Waals surface area contributed by atoms with E-state index in [0.717, 1.165) is 80.0 Å². The minimum absolute atomic E-state index is 0.00540. The van der Waals surface area contributed by atoms with Crippen LogP contribution in [0, 0.1) is 17.3 Å². The van der Waals surface area contributed by atoms with Crippen LogP contribution < -0.4 is 30.1 Å². The van der Waals surface area contributed by atoms with Crippen LogP contribution in [0.1, 0.15) is 123 Å². The van der Waals surface area contributed by atoms with Gasteiger partial charge in [-0.2, -0.15) is 0 Å². The van der Waals surface area contributed by atoms with Gasteiger partial charge in [-0.25, -0.2) is 13.4 Å². The van der Waals surface area contributed by atoms with E-state index in [1.807, 2.05) is 39.0 Å². The lowest BCUT2D eigenvalue weighted by Gasteiger charge is -2.47. The smallest absolute Gasteiger partial charge is 0.259 e. The molecule has 5 heterocycles. The number of nitrogens with zero attached hydrogens (tertiary/aromatic N) is 2. The highest BCUT2D eigenvalue weighted by molar-refractivity contribution is 7.91. The van der Waals surface area contributed by atoms with Gasteiger partial charge in [0.1, 0.15) is 29.5 Å². The van der Waals surface area contributed by atoms with Crippen LogP contribution in [-0.2, 0) is 35.6 Å². The van der Waals surface area contributed by atoms with E-state index >= 15 is 4.79 Å². The number of nitrogens with one attached hydrogen (secondary N) is 4. The van der Waals surface area contributed by atoms with Gasteiger partial charge in [-0.1, -0.05) is 51.8 Å². The third-order valence-corrected chi connectivity index (χ3v) is 17.3. The molecule has 10 unspecified atom stereocenters. The van der Waals surface area contributed by atoms with E-state index in [9.17, 15) is 23.1 Å². The second-order valence-electron chi connectivity index (χ2n) is 20.9. The van der Waals surface area contributed by atoms with Crippen molar-refractivity contribution in [2.75, 3.05) is 6.54 Å². The van der Waals surface area contributed by atoms with E-state index in [-0.39, 0.29) is 31.6 Å². The fourth-order valence-electron chi connectivity index (χ4n) is 10.7. The number of piperidine rings is 1. The first-order valence-electron chi connectivity index (χ1n) is 23.4. The second-order valence-corrected chi connectivity index (χ2v) is 23.1. The number of pyridine rings is 1. The van der Waals surface area contributed by atoms with Crippen molar-refractivity contribution in [1.82, 2.24) is 30.6 Å². The number of benzene rings is 1. The Bertz CT molecular complexity index is 2220. The average molecular weight is 891 g/mol. The van der Waals surface area contributed by atoms with Crippen LogP contribution in [0.25, 0.3) is 10.9 Å². The zero-order chi connectivity index (χ0) is 44.5. The molecule has 9 rings (SSSR count). The van der Waals surface area contributed by atoms with Gasteiger partial charge in [0.2, 0.25) is 34.1 Å². The maximum absolute atomic E-state index is 15.0. The molecule has 6 fully saturated rings. The SMILES string of the molecule is C=CC1CCC1(NC(=O)C1CC2CN1C(=O)C(C(C)(C)C)NC(O)OC1CC1CCCCCc1c(nc3ccccc3c1OC1CC3CCC(C1)N3)O2)C(=O)NS(=O)(=O)C1(C)CC1. The van der Waals surface area contributed by atoms with E-state index in [1.54, 1.807) is 13.0 Å². The van der Waals surface area contributed by atoms with Gasteiger partial charge in [0.25, 0.3) is 5.91 Å². The Labute approximate surface area is 371 Å². The molecule has 10 atom stereocenters. The molecule has 3 saturated carbocycles. The van der Waals surface area contributed by atoms with Crippen molar-refractivity contribution in [2.24, 2.45) is 17.3 Å². The maximum Gasteiger partial charge on any atom is 0.259 e. The summed E-state index contributed by atoms with van der Waals surface area (Å²) >= 11 is 0. The molecule has 16 heteroatoms. The molecule has 344 valence electrons. The van der Waals surface area contributed by atoms with Crippen molar-refractivity contribution in [3.8, 4) is 11.6 Å². The third kappa shape index (κ3) is 8.83. The number of aromatic nitrogens is 1. The highest BCUT2D eigenvalue weighted by Crippen LogP contribution is 2.46. The first kappa shape index (κ1) is 44.4. The summed E-state index contributed by atoms with van der Waals surface area (Å²) in [7, 11) is -4.02. The first-order valence-corrected chi connectivity index (χ1v) is 24.9. The second kappa shape index (κ2) is 16.9. The highest BCUT2D eigenvalue weighted by Gasteiger charge is 2.58. The van der Waals surface area contributed by atoms with Crippen molar-refractivity contribution in [2.45, 2.75) is 183 Å². The summed E-state index contributed by atoms with van der Waals surface area (Å²) in [4.78, 5) is 50.5. The number of fused-ring (bicyclic) bond motifs is 7. The molecule has 63 heavy (non-hydrogen) atoms. The van der Waals surface area contributed by atoms with Gasteiger partial charge >= 0.3 is 0 Å². The Morgan fingerprint density at radius 3 is 2.44 bits per heavy atom. The van der Waals surface area contributed by atoms with Gasteiger partial charge in [0.05, 0.1) is 34.5 Å². The molecular weight excluding hydrogens is 825 g/mol. The minimum Gasteiger partial charge on any atom is -0.489 e. The molecule has 7 aliphatic rings. The predicted octanol–water partition coefficient (Wildman–Crippen LogP) is 4.50. The zero-order valence-electron chi connectivity index (χ0n) is 37.2. The summed E-state index contributed by atoms with van der Waals surface area (Å²) in [5, 5.41) is 21.8. The van der Waals surface area contributed by atoms with Gasteiger partial charge in [-0.05, 0) is 107 Å². The molecule has 4 bridgehead atoms. The number of ether oxygens (including phenoxy) is 3. The lowest BCUT2D eigenvalue weighted by Crippen LogP contribution is -2.70. The van der Waals surface area contributed by atoms with Crippen molar-refractivity contribution in [3.05, 3.63) is 42.5 Å². The molecular formula is C47H66N6O9S. The predicted molar refractivity (Wildman–Crippen MR) is 236 cm³/mol. The molecule has 3 amide bonds. The van der Waals surface area contributed by atoms with Crippen molar-refractivity contribution in [1.29, 1.82) is 0 Å². The van der Waals surface area contributed by atoms with Crippen molar-refractivity contribution in [3.63, 3.8) is 0 Å². The number of carbonyl (C=O) groups is 3. The lowest BCUT2D eigenvalue weighted by molar-refractivity contribution is -0.160. The summed E-state index contributed by atoms with van der Waals surface area (Å²) in [6.45, 7) is 11.2. The number of hydrogen-bond donors (Lipinski definition) is 5. The summed E-state index contributed by atoms with van der Waals surface area (Å²) in [6, 6.07) is 6.69. The van der Waals surface area contributed by atoms with Crippen LogP contribution in [0.2, 0.25) is 0 Å². The Balaban J connectivity index is 1.07. The molecule has 5 N–H and O–H groups in total. The fourth-order valence-corrected chi connectivity index (χ4v) is 12.0. The third-order valence-electron chi connectivity index (χ3n) is 15.2. The molecule has 4 aliphatic heterocycles. The largest absolute Gasteiger partial charge is 0.489 e. The number of hydrogen-bond acceptors (Lipinski definition) is 12. The molecule has 2 aromatic rings. The number of amides is 3. The average Bonchev–Trinajstić information content (AvgIpc) is 4.08. The van der Waals surface area contributed by atoms with E-state index in [4.69, 9.17) is 19.2 Å². The van der Waals surface area contributed by atoms with Gasteiger partial charge in [0.15, 0.2) is 0 Å². The van der Waals surface area contributed by atoms with E-state index in [0.29, 0.717) is 49.6 Å². The summed E-state index contributed by atoms with van der Waals surface area (Å²) < 4.78 is 47.9. The van der Waals surface area contributed by atoms with E-state index in [2.05, 4.69) is 33.3 Å². The monoisotopic (exact) mass is 890 g/mol. The molecule has 1 aromatic carbocycles. The number of rotatable bonds is 8. The van der Waals surface area contributed by atoms with Gasteiger partial charge < -0.3 is 34.9 Å². The molecule has 0 radical (unpaired) electrons. The van der Waals surface area contributed by atoms with Gasteiger partial charge in [-0.15, -0.1) is 6.58 Å². The number of sulfonamides is 1. The maximum atomic E-state index is 15.0. The number of carbonyl (C=O) groups excluding carboxylic acids is 3. The Morgan fingerprint density at radius 2 is 1.76 bits per heavy atom. The van der Waals surface area contributed by atoms with Crippen LogP contribution in [-0.4, -0.2) is 107 Å². The minimum atomic E-state index is -4.02. The summed E-state index contributed by atoms with van der Waals surface area (Å²) in [6.07, 6.45) is 10.4. The molecule has 1 aromatic heterocycles. The Hall–Kier alpha value is -3.83.